The fraction of sp³-hybridized carbons (Fsp3) is 0.100. The van der Waals surface area contributed by atoms with E-state index in [2.05, 4.69) is 31.2 Å². The molecule has 0 aromatic heterocycles. The second-order valence-corrected chi connectivity index (χ2v) is 5.47. The maximum atomic E-state index is 6.03. The lowest BCUT2D eigenvalue weighted by atomic mass is 9.71. The average Bonchev–Trinajstić information content (AvgIpc) is 2.56. The van der Waals surface area contributed by atoms with Gasteiger partial charge in [-0.15, -0.1) is 0 Å². The zero-order chi connectivity index (χ0) is 14.7. The van der Waals surface area contributed by atoms with Crippen LogP contribution in [0.5, 0.6) is 0 Å². The summed E-state index contributed by atoms with van der Waals surface area (Å²) in [6, 6.07) is 32.2. The van der Waals surface area contributed by atoms with Crippen LogP contribution in [-0.2, 0) is 5.41 Å². The third-order valence-corrected chi connectivity index (χ3v) is 4.04. The molecule has 1 heteroatoms. The van der Waals surface area contributed by atoms with Gasteiger partial charge in [-0.3, -0.25) is 0 Å². The van der Waals surface area contributed by atoms with E-state index in [9.17, 15) is 0 Å². The molecule has 0 aliphatic carbocycles. The molecule has 4 radical (unpaired) electrons. The predicted octanol–water partition coefficient (Wildman–Crippen LogP) is 4.90. The lowest BCUT2D eigenvalue weighted by Crippen LogP contribution is -2.25. The third-order valence-electron chi connectivity index (χ3n) is 3.79. The van der Waals surface area contributed by atoms with Crippen LogP contribution in [0.4, 0.5) is 0 Å². The number of rotatable bonds is 3. The van der Waals surface area contributed by atoms with Crippen LogP contribution in [0.1, 0.15) is 23.6 Å². The van der Waals surface area contributed by atoms with Crippen molar-refractivity contribution in [2.75, 3.05) is 0 Å². The molecule has 0 unspecified atom stereocenters. The predicted molar refractivity (Wildman–Crippen MR) is 85.2 cm³/mol. The summed E-state index contributed by atoms with van der Waals surface area (Å²) in [7, 11) is 0. The van der Waals surface area contributed by atoms with Gasteiger partial charge in [0.1, 0.15) is 0 Å². The summed E-state index contributed by atoms with van der Waals surface area (Å²) in [4.78, 5) is 0. The SMILES string of the molecule is CC(c1[c]cc[c]c1)(c1[c]cc[c]c1)c1ccc(Cl)cc1. The number of benzene rings is 3. The van der Waals surface area contributed by atoms with Crippen molar-refractivity contribution in [1.29, 1.82) is 0 Å². The van der Waals surface area contributed by atoms with E-state index < -0.39 is 0 Å². The van der Waals surface area contributed by atoms with Crippen LogP contribution < -0.4 is 0 Å². The summed E-state index contributed by atoms with van der Waals surface area (Å²) in [5.41, 5.74) is 2.87. The maximum absolute atomic E-state index is 6.03. The first-order chi connectivity index (χ1) is 10.2. The molecule has 0 heterocycles. The highest BCUT2D eigenvalue weighted by atomic mass is 35.5. The van der Waals surface area contributed by atoms with Gasteiger partial charge in [-0.2, -0.15) is 0 Å². The van der Waals surface area contributed by atoms with Crippen LogP contribution in [0, 0.1) is 24.3 Å². The molecule has 0 fully saturated rings. The Hall–Kier alpha value is -2.05. The molecule has 0 nitrogen and oxygen atoms in total. The summed E-state index contributed by atoms with van der Waals surface area (Å²) < 4.78 is 0. The molecular weight excluding hydrogens is 276 g/mol. The van der Waals surface area contributed by atoms with Gasteiger partial charge in [0.05, 0.1) is 0 Å². The first-order valence-electron chi connectivity index (χ1n) is 6.74. The minimum absolute atomic E-state index is 0.361. The van der Waals surface area contributed by atoms with Crippen LogP contribution in [0.25, 0.3) is 0 Å². The highest BCUT2D eigenvalue weighted by Crippen LogP contribution is 2.38. The van der Waals surface area contributed by atoms with Gasteiger partial charge in [0.15, 0.2) is 0 Å². The number of hydrogen-bond acceptors (Lipinski definition) is 0. The van der Waals surface area contributed by atoms with Crippen molar-refractivity contribution in [3.63, 3.8) is 0 Å². The maximum Gasteiger partial charge on any atom is 0.0436 e. The highest BCUT2D eigenvalue weighted by molar-refractivity contribution is 6.30. The van der Waals surface area contributed by atoms with Crippen LogP contribution in [0.3, 0.4) is 0 Å². The molecule has 100 valence electrons. The number of halogens is 1. The van der Waals surface area contributed by atoms with Crippen LogP contribution in [0.15, 0.2) is 60.7 Å². The molecule has 0 spiro atoms. The first kappa shape index (κ1) is 13.9. The average molecular weight is 289 g/mol. The van der Waals surface area contributed by atoms with E-state index in [4.69, 9.17) is 11.6 Å². The molecule has 0 bridgehead atoms. The zero-order valence-electron chi connectivity index (χ0n) is 11.7. The van der Waals surface area contributed by atoms with Gasteiger partial charge in [0, 0.05) is 10.4 Å². The first-order valence-corrected chi connectivity index (χ1v) is 7.11. The standard InChI is InChI=1S/C20H13Cl/c1-20(16-8-4-2-5-9-16,17-10-6-3-7-11-17)18-12-14-19(21)15-13-18/h2-4,6,9,11-15H,1H3. The van der Waals surface area contributed by atoms with Gasteiger partial charge in [0.25, 0.3) is 0 Å². The Morgan fingerprint density at radius 3 is 1.76 bits per heavy atom. The zero-order valence-corrected chi connectivity index (χ0v) is 12.4. The molecule has 0 saturated heterocycles. The Morgan fingerprint density at radius 1 is 0.810 bits per heavy atom. The van der Waals surface area contributed by atoms with Gasteiger partial charge in [-0.25, -0.2) is 0 Å². The minimum atomic E-state index is -0.361. The van der Waals surface area contributed by atoms with E-state index in [1.54, 1.807) is 0 Å². The fourth-order valence-corrected chi connectivity index (χ4v) is 2.65. The van der Waals surface area contributed by atoms with Crippen molar-refractivity contribution < 1.29 is 0 Å². The summed E-state index contributed by atoms with van der Waals surface area (Å²) in [5.74, 6) is 0. The van der Waals surface area contributed by atoms with Crippen molar-refractivity contribution in [3.8, 4) is 0 Å². The fourth-order valence-electron chi connectivity index (χ4n) is 2.52. The Kier molecular flexibility index (Phi) is 3.81. The molecule has 21 heavy (non-hydrogen) atoms. The van der Waals surface area contributed by atoms with E-state index in [-0.39, 0.29) is 5.41 Å². The lowest BCUT2D eigenvalue weighted by Gasteiger charge is -2.31. The van der Waals surface area contributed by atoms with E-state index in [1.807, 2.05) is 60.7 Å². The van der Waals surface area contributed by atoms with Crippen LogP contribution in [-0.4, -0.2) is 0 Å². The topological polar surface area (TPSA) is 0 Å². The molecule has 3 rings (SSSR count). The molecule has 3 aromatic rings. The Morgan fingerprint density at radius 2 is 1.33 bits per heavy atom. The van der Waals surface area contributed by atoms with Crippen LogP contribution >= 0.6 is 11.6 Å². The van der Waals surface area contributed by atoms with Gasteiger partial charge in [0.2, 0.25) is 0 Å². The van der Waals surface area contributed by atoms with Crippen molar-refractivity contribution in [2.24, 2.45) is 0 Å². The quantitative estimate of drug-likeness (QED) is 0.602. The number of hydrogen-bond donors (Lipinski definition) is 0. The molecule has 0 N–H and O–H groups in total. The van der Waals surface area contributed by atoms with E-state index in [1.165, 1.54) is 0 Å². The van der Waals surface area contributed by atoms with E-state index >= 15 is 0 Å². The highest BCUT2D eigenvalue weighted by Gasteiger charge is 2.31. The third kappa shape index (κ3) is 2.59. The van der Waals surface area contributed by atoms with Gasteiger partial charge >= 0.3 is 0 Å². The molecule has 0 aliphatic heterocycles. The molecule has 0 amide bonds. The Balaban J connectivity index is 2.23. The van der Waals surface area contributed by atoms with Gasteiger partial charge < -0.3 is 0 Å². The normalized spacial score (nSPS) is 11.3. The van der Waals surface area contributed by atoms with E-state index in [0.717, 1.165) is 21.7 Å². The largest absolute Gasteiger partial charge is 0.0843 e. The second kappa shape index (κ2) is 5.75. The molecule has 3 aromatic carbocycles. The van der Waals surface area contributed by atoms with Crippen molar-refractivity contribution >= 4 is 11.6 Å². The summed E-state index contributed by atoms with van der Waals surface area (Å²) in [5, 5.41) is 0.730. The lowest BCUT2D eigenvalue weighted by molar-refractivity contribution is 0.689. The summed E-state index contributed by atoms with van der Waals surface area (Å²) in [6.45, 7) is 2.16. The second-order valence-electron chi connectivity index (χ2n) is 5.04. The Bertz CT molecular complexity index is 660. The summed E-state index contributed by atoms with van der Waals surface area (Å²) >= 11 is 6.03. The molecular formula is C20H13Cl. The van der Waals surface area contributed by atoms with Crippen molar-refractivity contribution in [1.82, 2.24) is 0 Å². The minimum Gasteiger partial charge on any atom is -0.0843 e. The van der Waals surface area contributed by atoms with Gasteiger partial charge in [-0.05, 0) is 72.1 Å². The van der Waals surface area contributed by atoms with Crippen LogP contribution in [0.2, 0.25) is 5.02 Å². The molecule has 0 atom stereocenters. The van der Waals surface area contributed by atoms with Crippen molar-refractivity contribution in [2.45, 2.75) is 12.3 Å². The van der Waals surface area contributed by atoms with Crippen molar-refractivity contribution in [3.05, 3.63) is 107 Å². The Labute approximate surface area is 131 Å². The smallest absolute Gasteiger partial charge is 0.0436 e. The molecule has 0 aliphatic rings. The monoisotopic (exact) mass is 288 g/mol. The summed E-state index contributed by atoms with van der Waals surface area (Å²) in [6.07, 6.45) is 0. The van der Waals surface area contributed by atoms with Gasteiger partial charge in [-0.1, -0.05) is 48.0 Å². The van der Waals surface area contributed by atoms with E-state index in [0.29, 0.717) is 0 Å². The molecule has 0 saturated carbocycles.